The van der Waals surface area contributed by atoms with Gasteiger partial charge in [0.25, 0.3) is 0 Å². The first-order chi connectivity index (χ1) is 15.7. The van der Waals surface area contributed by atoms with Gasteiger partial charge in [-0.25, -0.2) is 0 Å². The summed E-state index contributed by atoms with van der Waals surface area (Å²) in [6.07, 6.45) is 12.0. The van der Waals surface area contributed by atoms with Crippen molar-refractivity contribution < 1.29 is 9.53 Å². The maximum Gasteiger partial charge on any atom is 0.207 e. The first-order valence-corrected chi connectivity index (χ1v) is 13.3. The minimum Gasteiger partial charge on any atom is -0.381 e. The lowest BCUT2D eigenvalue weighted by Crippen LogP contribution is -2.50. The molecule has 3 aliphatic carbocycles. The number of hydrogen-bond donors (Lipinski definition) is 2. The second-order valence-corrected chi connectivity index (χ2v) is 12.3. The largest absolute Gasteiger partial charge is 0.381 e. The quantitative estimate of drug-likeness (QED) is 0.507. The molecule has 4 nitrogen and oxygen atoms in total. The molecule has 1 aromatic rings. The number of hydrogen-bond acceptors (Lipinski definition) is 3. The number of rotatable bonds is 7. The summed E-state index contributed by atoms with van der Waals surface area (Å²) in [4.78, 5) is 10.1. The summed E-state index contributed by atoms with van der Waals surface area (Å²) in [7, 11) is 0. The van der Waals surface area contributed by atoms with Gasteiger partial charge < -0.3 is 15.8 Å². The highest BCUT2D eigenvalue weighted by atomic mass is 16.5. The van der Waals surface area contributed by atoms with Gasteiger partial charge in [0.1, 0.15) is 0 Å². The second kappa shape index (κ2) is 11.4. The third-order valence-electron chi connectivity index (χ3n) is 8.41. The second-order valence-electron chi connectivity index (χ2n) is 12.3. The molecule has 2 bridgehead atoms. The Bertz CT molecular complexity index is 728. The molecule has 3 aliphatic rings. The van der Waals surface area contributed by atoms with Gasteiger partial charge in [-0.1, -0.05) is 51.1 Å². The fraction of sp³-hybridized carbons (Fsp3) is 0.759. The van der Waals surface area contributed by atoms with Gasteiger partial charge in [0.15, 0.2) is 0 Å². The lowest BCUT2D eigenvalue weighted by molar-refractivity contribution is -0.110. The Hall–Kier alpha value is -1.39. The molecule has 3 fully saturated rings. The summed E-state index contributed by atoms with van der Waals surface area (Å²) >= 11 is 0. The van der Waals surface area contributed by atoms with Crippen molar-refractivity contribution in [1.82, 2.24) is 5.32 Å². The lowest BCUT2D eigenvalue weighted by Gasteiger charge is -2.57. The van der Waals surface area contributed by atoms with Crippen LogP contribution in [0.5, 0.6) is 0 Å². The van der Waals surface area contributed by atoms with Gasteiger partial charge in [-0.05, 0) is 105 Å². The van der Waals surface area contributed by atoms with Gasteiger partial charge in [0.2, 0.25) is 6.41 Å². The maximum atomic E-state index is 10.1. The van der Waals surface area contributed by atoms with Crippen LogP contribution in [-0.2, 0) is 14.9 Å². The SMILES string of the molecule is CCOC[C@@]1(C)CC2CC(C)(C)CC(c3ccccc3)(C2)C1.NCC1CCC(NC=O)CC1. The van der Waals surface area contributed by atoms with E-state index in [1.807, 2.05) is 0 Å². The molecule has 1 aromatic carbocycles. The van der Waals surface area contributed by atoms with E-state index in [1.165, 1.54) is 44.9 Å². The molecular weight excluding hydrogens is 408 g/mol. The van der Waals surface area contributed by atoms with Crippen LogP contribution in [0.2, 0.25) is 0 Å². The standard InChI is InChI=1S/C21H32O.C8H16N2O/c1-5-22-16-20(4)12-17-11-19(2,3)14-21(13-17,15-20)18-9-7-6-8-10-18;9-5-7-1-3-8(4-2-7)10-6-11/h6-10,17H,5,11-16H2,1-4H3;6-8H,1-5,9H2,(H,10,11)/t17?,20-,21?;/m0./s1. The number of benzene rings is 1. The molecule has 0 heterocycles. The molecule has 1 amide bonds. The molecule has 3 atom stereocenters. The fourth-order valence-corrected chi connectivity index (χ4v) is 7.56. The number of nitrogens with one attached hydrogen (secondary N) is 1. The Morgan fingerprint density at radius 3 is 2.33 bits per heavy atom. The van der Waals surface area contributed by atoms with Crippen molar-refractivity contribution in [1.29, 1.82) is 0 Å². The van der Waals surface area contributed by atoms with E-state index in [0.717, 1.165) is 44.9 Å². The monoisotopic (exact) mass is 456 g/mol. The third-order valence-corrected chi connectivity index (χ3v) is 8.41. The highest BCUT2D eigenvalue weighted by Crippen LogP contribution is 2.61. The molecule has 3 N–H and O–H groups in total. The van der Waals surface area contributed by atoms with Crippen LogP contribution in [0.3, 0.4) is 0 Å². The van der Waals surface area contributed by atoms with Crippen molar-refractivity contribution >= 4 is 6.41 Å². The van der Waals surface area contributed by atoms with Crippen molar-refractivity contribution in [2.45, 2.75) is 96.9 Å². The van der Waals surface area contributed by atoms with E-state index in [2.05, 4.69) is 63.3 Å². The van der Waals surface area contributed by atoms with E-state index in [0.29, 0.717) is 28.2 Å². The topological polar surface area (TPSA) is 64.3 Å². The zero-order valence-electron chi connectivity index (χ0n) is 21.6. The minimum absolute atomic E-state index is 0.339. The van der Waals surface area contributed by atoms with Crippen LogP contribution in [0, 0.1) is 22.7 Å². The third kappa shape index (κ3) is 7.05. The minimum atomic E-state index is 0.339. The predicted octanol–water partition coefficient (Wildman–Crippen LogP) is 5.84. The normalized spacial score (nSPS) is 35.1. The number of carbonyl (C=O) groups excluding carboxylic acids is 1. The smallest absolute Gasteiger partial charge is 0.207 e. The summed E-state index contributed by atoms with van der Waals surface area (Å²) in [5, 5.41) is 2.81. The molecule has 0 aromatic heterocycles. The summed E-state index contributed by atoms with van der Waals surface area (Å²) < 4.78 is 5.87. The van der Waals surface area contributed by atoms with E-state index < -0.39 is 0 Å². The zero-order valence-corrected chi connectivity index (χ0v) is 21.6. The van der Waals surface area contributed by atoms with Crippen molar-refractivity contribution in [3.8, 4) is 0 Å². The van der Waals surface area contributed by atoms with Gasteiger partial charge in [-0.15, -0.1) is 0 Å². The zero-order chi connectivity index (χ0) is 24.0. The lowest BCUT2D eigenvalue weighted by atomic mass is 9.48. The number of carbonyl (C=O) groups is 1. The Morgan fingerprint density at radius 2 is 1.73 bits per heavy atom. The van der Waals surface area contributed by atoms with Gasteiger partial charge in [-0.3, -0.25) is 4.79 Å². The van der Waals surface area contributed by atoms with Gasteiger partial charge >= 0.3 is 0 Å². The van der Waals surface area contributed by atoms with E-state index in [4.69, 9.17) is 10.5 Å². The van der Waals surface area contributed by atoms with Gasteiger partial charge in [0.05, 0.1) is 6.61 Å². The molecule has 0 spiro atoms. The van der Waals surface area contributed by atoms with Crippen LogP contribution in [-0.4, -0.2) is 32.2 Å². The predicted molar refractivity (Wildman–Crippen MR) is 137 cm³/mol. The van der Waals surface area contributed by atoms with Crippen molar-refractivity contribution in [3.63, 3.8) is 0 Å². The molecule has 33 heavy (non-hydrogen) atoms. The van der Waals surface area contributed by atoms with E-state index >= 15 is 0 Å². The van der Waals surface area contributed by atoms with Crippen LogP contribution in [0.25, 0.3) is 0 Å². The van der Waals surface area contributed by atoms with Gasteiger partial charge in [-0.2, -0.15) is 0 Å². The molecule has 3 saturated carbocycles. The van der Waals surface area contributed by atoms with Crippen LogP contribution >= 0.6 is 0 Å². The summed E-state index contributed by atoms with van der Waals surface area (Å²) in [6, 6.07) is 11.7. The molecule has 186 valence electrons. The van der Waals surface area contributed by atoms with Crippen LogP contribution in [0.15, 0.2) is 30.3 Å². The Labute approximate surface area is 202 Å². The van der Waals surface area contributed by atoms with Crippen molar-refractivity contribution in [2.24, 2.45) is 28.4 Å². The number of ether oxygens (including phenoxy) is 1. The summed E-state index contributed by atoms with van der Waals surface area (Å²) in [6.45, 7) is 12.1. The molecule has 0 saturated heterocycles. The van der Waals surface area contributed by atoms with Crippen LogP contribution in [0.4, 0.5) is 0 Å². The molecule has 0 aliphatic heterocycles. The average Bonchev–Trinajstić information content (AvgIpc) is 2.78. The number of amides is 1. The Morgan fingerprint density at radius 1 is 1.03 bits per heavy atom. The first-order valence-electron chi connectivity index (χ1n) is 13.3. The van der Waals surface area contributed by atoms with Crippen LogP contribution in [0.1, 0.15) is 91.0 Å². The molecule has 4 heteroatoms. The molecular formula is C29H48N2O2. The van der Waals surface area contributed by atoms with Gasteiger partial charge in [0, 0.05) is 12.6 Å². The summed E-state index contributed by atoms with van der Waals surface area (Å²) in [5.41, 5.74) is 8.26. The van der Waals surface area contributed by atoms with E-state index in [9.17, 15) is 4.79 Å². The fourth-order valence-electron chi connectivity index (χ4n) is 7.56. The maximum absolute atomic E-state index is 10.1. The first kappa shape index (κ1) is 26.2. The average molecular weight is 457 g/mol. The molecule has 0 radical (unpaired) electrons. The number of nitrogens with two attached hydrogens (primary N) is 1. The highest BCUT2D eigenvalue weighted by molar-refractivity contribution is 5.46. The molecule has 2 unspecified atom stereocenters. The van der Waals surface area contributed by atoms with E-state index in [-0.39, 0.29) is 0 Å². The Balaban J connectivity index is 0.000000235. The Kier molecular flexibility index (Phi) is 9.02. The number of fused-ring (bicyclic) bond motifs is 2. The molecule has 4 rings (SSSR count). The van der Waals surface area contributed by atoms with Crippen LogP contribution < -0.4 is 11.1 Å². The van der Waals surface area contributed by atoms with Crippen molar-refractivity contribution in [2.75, 3.05) is 19.8 Å². The van der Waals surface area contributed by atoms with E-state index in [1.54, 1.807) is 5.56 Å². The van der Waals surface area contributed by atoms with Crippen molar-refractivity contribution in [3.05, 3.63) is 35.9 Å². The highest BCUT2D eigenvalue weighted by Gasteiger charge is 2.53. The summed E-state index contributed by atoms with van der Waals surface area (Å²) in [5.74, 6) is 1.54.